The zero-order valence-electron chi connectivity index (χ0n) is 7.38. The fraction of sp³-hybridized carbons (Fsp3) is 0.455. The van der Waals surface area contributed by atoms with E-state index in [0.29, 0.717) is 0 Å². The summed E-state index contributed by atoms with van der Waals surface area (Å²) in [5.41, 5.74) is 4.18. The molecule has 0 saturated heterocycles. The molecule has 1 aliphatic rings. The highest BCUT2D eigenvalue weighted by atomic mass is 16.3. The summed E-state index contributed by atoms with van der Waals surface area (Å²) in [6.45, 7) is 2.15. The van der Waals surface area contributed by atoms with Crippen LogP contribution in [0.15, 0.2) is 18.2 Å². The topological polar surface area (TPSA) is 20.2 Å². The maximum atomic E-state index is 9.45. The zero-order valence-corrected chi connectivity index (χ0v) is 7.38. The molecule has 0 amide bonds. The van der Waals surface area contributed by atoms with Gasteiger partial charge in [-0.3, -0.25) is 0 Å². The molecule has 0 fully saturated rings. The van der Waals surface area contributed by atoms with Crippen molar-refractivity contribution < 1.29 is 5.11 Å². The second-order valence-corrected chi connectivity index (χ2v) is 3.61. The Kier molecular flexibility index (Phi) is 1.89. The number of aryl methyl sites for hydroxylation is 1. The number of hydrogen-bond donors (Lipinski definition) is 1. The highest BCUT2D eigenvalue weighted by Gasteiger charge is 2.16. The van der Waals surface area contributed by atoms with Crippen molar-refractivity contribution >= 4 is 0 Å². The predicted octanol–water partition coefficient (Wildman–Crippen LogP) is 1.84. The van der Waals surface area contributed by atoms with Gasteiger partial charge in [-0.05, 0) is 42.9 Å². The van der Waals surface area contributed by atoms with E-state index in [-0.39, 0.29) is 6.10 Å². The molecule has 0 bridgehead atoms. The van der Waals surface area contributed by atoms with Gasteiger partial charge in [0, 0.05) is 0 Å². The third-order valence-electron chi connectivity index (χ3n) is 2.69. The number of hydrogen-bond acceptors (Lipinski definition) is 1. The van der Waals surface area contributed by atoms with Crippen LogP contribution in [0.5, 0.6) is 0 Å². The van der Waals surface area contributed by atoms with Crippen molar-refractivity contribution in [3.63, 3.8) is 0 Å². The molecule has 1 N–H and O–H groups in total. The maximum absolute atomic E-state index is 9.45. The molecule has 0 radical (unpaired) electrons. The van der Waals surface area contributed by atoms with Gasteiger partial charge in [-0.2, -0.15) is 0 Å². The summed E-state index contributed by atoms with van der Waals surface area (Å²) in [7, 11) is 0. The van der Waals surface area contributed by atoms with Gasteiger partial charge in [-0.15, -0.1) is 0 Å². The molecule has 1 aliphatic carbocycles. The highest BCUT2D eigenvalue weighted by molar-refractivity contribution is 5.36. The van der Waals surface area contributed by atoms with Crippen LogP contribution in [0.1, 0.15) is 23.1 Å². The third kappa shape index (κ3) is 1.25. The second kappa shape index (κ2) is 2.91. The van der Waals surface area contributed by atoms with Crippen LogP contribution in [0.4, 0.5) is 0 Å². The van der Waals surface area contributed by atoms with Gasteiger partial charge in [0.05, 0.1) is 6.10 Å². The summed E-state index contributed by atoms with van der Waals surface area (Å²) in [5.74, 6) is 0. The van der Waals surface area contributed by atoms with E-state index in [9.17, 15) is 5.11 Å². The van der Waals surface area contributed by atoms with Gasteiger partial charge in [-0.1, -0.05) is 18.2 Å². The molecule has 1 atom stereocenters. The first-order chi connectivity index (χ1) is 5.77. The Morgan fingerprint density at radius 2 is 2.25 bits per heavy atom. The lowest BCUT2D eigenvalue weighted by molar-refractivity contribution is 0.158. The lowest BCUT2D eigenvalue weighted by atomic mass is 9.87. The molecule has 0 heterocycles. The minimum atomic E-state index is -0.112. The van der Waals surface area contributed by atoms with Crippen LogP contribution in [0, 0.1) is 6.92 Å². The van der Waals surface area contributed by atoms with Crippen molar-refractivity contribution in [2.75, 3.05) is 0 Å². The van der Waals surface area contributed by atoms with E-state index in [1.54, 1.807) is 0 Å². The Morgan fingerprint density at radius 1 is 1.42 bits per heavy atom. The Bertz CT molecular complexity index is 291. The normalized spacial score (nSPS) is 22.0. The first-order valence-corrected chi connectivity index (χ1v) is 4.53. The summed E-state index contributed by atoms with van der Waals surface area (Å²) < 4.78 is 0. The van der Waals surface area contributed by atoms with E-state index in [1.807, 2.05) is 0 Å². The van der Waals surface area contributed by atoms with E-state index in [2.05, 4.69) is 25.1 Å². The highest BCUT2D eigenvalue weighted by Crippen LogP contribution is 2.23. The average molecular weight is 162 g/mol. The van der Waals surface area contributed by atoms with Crippen molar-refractivity contribution in [3.8, 4) is 0 Å². The minimum Gasteiger partial charge on any atom is -0.393 e. The number of fused-ring (bicyclic) bond motifs is 1. The molecule has 1 unspecified atom stereocenters. The fourth-order valence-corrected chi connectivity index (χ4v) is 1.98. The van der Waals surface area contributed by atoms with Gasteiger partial charge in [0.15, 0.2) is 0 Å². The van der Waals surface area contributed by atoms with Gasteiger partial charge in [0.1, 0.15) is 0 Å². The van der Waals surface area contributed by atoms with E-state index in [0.717, 1.165) is 19.3 Å². The lowest BCUT2D eigenvalue weighted by Gasteiger charge is -2.21. The van der Waals surface area contributed by atoms with Crippen molar-refractivity contribution in [1.82, 2.24) is 0 Å². The molecule has 12 heavy (non-hydrogen) atoms. The average Bonchev–Trinajstić information content (AvgIpc) is 2.04. The smallest absolute Gasteiger partial charge is 0.0583 e. The van der Waals surface area contributed by atoms with Crippen LogP contribution in [0.3, 0.4) is 0 Å². The molecule has 1 heteroatoms. The number of benzene rings is 1. The van der Waals surface area contributed by atoms with Crippen LogP contribution in [-0.2, 0) is 12.8 Å². The Labute approximate surface area is 73.0 Å². The SMILES string of the molecule is Cc1cccc2c1CCC(O)C2. The monoisotopic (exact) mass is 162 g/mol. The molecule has 0 aliphatic heterocycles. The molecule has 1 aromatic carbocycles. The predicted molar refractivity (Wildman–Crippen MR) is 49.2 cm³/mol. The summed E-state index contributed by atoms with van der Waals surface area (Å²) in [4.78, 5) is 0. The van der Waals surface area contributed by atoms with Crippen LogP contribution in [0.2, 0.25) is 0 Å². The van der Waals surface area contributed by atoms with Gasteiger partial charge in [-0.25, -0.2) is 0 Å². The molecule has 0 saturated carbocycles. The molecule has 1 nitrogen and oxygen atoms in total. The number of rotatable bonds is 0. The largest absolute Gasteiger partial charge is 0.393 e. The van der Waals surface area contributed by atoms with Crippen molar-refractivity contribution in [1.29, 1.82) is 0 Å². The molecule has 2 rings (SSSR count). The van der Waals surface area contributed by atoms with E-state index < -0.39 is 0 Å². The molecule has 64 valence electrons. The molecule has 0 spiro atoms. The summed E-state index contributed by atoms with van der Waals surface area (Å²) in [6.07, 6.45) is 2.71. The Morgan fingerprint density at radius 3 is 3.08 bits per heavy atom. The summed E-state index contributed by atoms with van der Waals surface area (Å²) in [6, 6.07) is 6.35. The molecular formula is C11H14O. The van der Waals surface area contributed by atoms with Crippen molar-refractivity contribution in [3.05, 3.63) is 34.9 Å². The summed E-state index contributed by atoms with van der Waals surface area (Å²) >= 11 is 0. The molecule has 1 aromatic rings. The van der Waals surface area contributed by atoms with E-state index in [4.69, 9.17) is 0 Å². The standard InChI is InChI=1S/C11H14O/c1-8-3-2-4-9-7-10(12)5-6-11(8)9/h2-4,10,12H,5-7H2,1H3. The molecular weight excluding hydrogens is 148 g/mol. The summed E-state index contributed by atoms with van der Waals surface area (Å²) in [5, 5.41) is 9.45. The first kappa shape index (κ1) is 7.81. The van der Waals surface area contributed by atoms with Crippen molar-refractivity contribution in [2.24, 2.45) is 0 Å². The molecule has 0 aromatic heterocycles. The third-order valence-corrected chi connectivity index (χ3v) is 2.69. The fourth-order valence-electron chi connectivity index (χ4n) is 1.98. The van der Waals surface area contributed by atoms with Crippen LogP contribution in [0.25, 0.3) is 0 Å². The van der Waals surface area contributed by atoms with Gasteiger partial charge in [0.25, 0.3) is 0 Å². The number of aliphatic hydroxyl groups is 1. The number of aliphatic hydroxyl groups excluding tert-OH is 1. The zero-order chi connectivity index (χ0) is 8.55. The Balaban J connectivity index is 2.42. The van der Waals surface area contributed by atoms with Crippen LogP contribution in [-0.4, -0.2) is 11.2 Å². The first-order valence-electron chi connectivity index (χ1n) is 4.53. The maximum Gasteiger partial charge on any atom is 0.0583 e. The Hall–Kier alpha value is -0.820. The lowest BCUT2D eigenvalue weighted by Crippen LogP contribution is -2.19. The second-order valence-electron chi connectivity index (χ2n) is 3.61. The van der Waals surface area contributed by atoms with Crippen molar-refractivity contribution in [2.45, 2.75) is 32.3 Å². The van der Waals surface area contributed by atoms with Gasteiger partial charge < -0.3 is 5.11 Å². The minimum absolute atomic E-state index is 0.112. The van der Waals surface area contributed by atoms with Gasteiger partial charge in [0.2, 0.25) is 0 Å². The van der Waals surface area contributed by atoms with Crippen LogP contribution < -0.4 is 0 Å². The van der Waals surface area contributed by atoms with Crippen LogP contribution >= 0.6 is 0 Å². The van der Waals surface area contributed by atoms with Gasteiger partial charge >= 0.3 is 0 Å². The quantitative estimate of drug-likeness (QED) is 0.617. The van der Waals surface area contributed by atoms with E-state index in [1.165, 1.54) is 16.7 Å². The van der Waals surface area contributed by atoms with E-state index >= 15 is 0 Å².